The second-order valence-electron chi connectivity index (χ2n) is 5.32. The van der Waals surface area contributed by atoms with Gasteiger partial charge in [-0.25, -0.2) is 0 Å². The molecule has 1 amide bonds. The Kier molecular flexibility index (Phi) is 4.71. The molecule has 114 valence electrons. The SMILES string of the molecule is O=C(c1cccc(NCc2ccccc2)c1)N1CCOCC1. The van der Waals surface area contributed by atoms with Crippen molar-refractivity contribution in [1.29, 1.82) is 0 Å². The monoisotopic (exact) mass is 296 g/mol. The van der Waals surface area contributed by atoms with E-state index in [9.17, 15) is 4.79 Å². The molecule has 0 saturated carbocycles. The standard InChI is InChI=1S/C18H20N2O2/c21-18(20-9-11-22-12-10-20)16-7-4-8-17(13-16)19-14-15-5-2-1-3-6-15/h1-8,13,19H,9-12,14H2. The number of benzene rings is 2. The minimum atomic E-state index is 0.0756. The van der Waals surface area contributed by atoms with Gasteiger partial charge in [-0.15, -0.1) is 0 Å². The summed E-state index contributed by atoms with van der Waals surface area (Å²) in [6.45, 7) is 3.33. The molecule has 0 bridgehead atoms. The van der Waals surface area contributed by atoms with E-state index < -0.39 is 0 Å². The van der Waals surface area contributed by atoms with Crippen LogP contribution in [0.1, 0.15) is 15.9 Å². The van der Waals surface area contributed by atoms with E-state index in [0.717, 1.165) is 17.8 Å². The van der Waals surface area contributed by atoms with Crippen LogP contribution >= 0.6 is 0 Å². The van der Waals surface area contributed by atoms with E-state index in [-0.39, 0.29) is 5.91 Å². The van der Waals surface area contributed by atoms with Crippen molar-refractivity contribution in [2.75, 3.05) is 31.6 Å². The first-order valence-corrected chi connectivity index (χ1v) is 7.58. The Labute approximate surface area is 130 Å². The lowest BCUT2D eigenvalue weighted by molar-refractivity contribution is 0.0303. The normalized spacial score (nSPS) is 14.6. The van der Waals surface area contributed by atoms with Crippen LogP contribution in [0.5, 0.6) is 0 Å². The van der Waals surface area contributed by atoms with Gasteiger partial charge < -0.3 is 15.0 Å². The minimum absolute atomic E-state index is 0.0756. The van der Waals surface area contributed by atoms with Gasteiger partial charge in [-0.2, -0.15) is 0 Å². The van der Waals surface area contributed by atoms with Crippen LogP contribution in [-0.2, 0) is 11.3 Å². The van der Waals surface area contributed by atoms with Crippen LogP contribution in [0.25, 0.3) is 0 Å². The summed E-state index contributed by atoms with van der Waals surface area (Å²) in [6.07, 6.45) is 0. The fourth-order valence-electron chi connectivity index (χ4n) is 2.51. The molecule has 1 aliphatic heterocycles. The number of hydrogen-bond donors (Lipinski definition) is 1. The highest BCUT2D eigenvalue weighted by Crippen LogP contribution is 2.15. The zero-order valence-corrected chi connectivity index (χ0v) is 12.5. The molecule has 4 nitrogen and oxygen atoms in total. The lowest BCUT2D eigenvalue weighted by atomic mass is 10.1. The lowest BCUT2D eigenvalue weighted by Gasteiger charge is -2.27. The first kappa shape index (κ1) is 14.6. The maximum absolute atomic E-state index is 12.5. The van der Waals surface area contributed by atoms with Gasteiger partial charge in [0.15, 0.2) is 0 Å². The topological polar surface area (TPSA) is 41.6 Å². The molecule has 1 heterocycles. The highest BCUT2D eigenvalue weighted by Gasteiger charge is 2.18. The number of hydrogen-bond acceptors (Lipinski definition) is 3. The Morgan fingerprint density at radius 2 is 1.82 bits per heavy atom. The van der Waals surface area contributed by atoms with Gasteiger partial charge in [-0.1, -0.05) is 36.4 Å². The van der Waals surface area contributed by atoms with E-state index in [1.165, 1.54) is 5.56 Å². The van der Waals surface area contributed by atoms with Gasteiger partial charge in [0.25, 0.3) is 5.91 Å². The summed E-state index contributed by atoms with van der Waals surface area (Å²) in [5.74, 6) is 0.0756. The third-order valence-corrected chi connectivity index (χ3v) is 3.75. The van der Waals surface area contributed by atoms with E-state index in [0.29, 0.717) is 26.3 Å². The quantitative estimate of drug-likeness (QED) is 0.943. The maximum atomic E-state index is 12.5. The van der Waals surface area contributed by atoms with Crippen LogP contribution in [0.15, 0.2) is 54.6 Å². The Bertz CT molecular complexity index is 622. The van der Waals surface area contributed by atoms with Crippen LogP contribution in [0.2, 0.25) is 0 Å². The number of anilines is 1. The maximum Gasteiger partial charge on any atom is 0.254 e. The predicted octanol–water partition coefficient (Wildman–Crippen LogP) is 2.77. The van der Waals surface area contributed by atoms with Crippen molar-refractivity contribution >= 4 is 11.6 Å². The molecule has 2 aromatic rings. The zero-order valence-electron chi connectivity index (χ0n) is 12.5. The van der Waals surface area contributed by atoms with E-state index in [2.05, 4.69) is 17.4 Å². The molecule has 0 aromatic heterocycles. The minimum Gasteiger partial charge on any atom is -0.381 e. The van der Waals surface area contributed by atoms with Crippen molar-refractivity contribution in [1.82, 2.24) is 4.90 Å². The van der Waals surface area contributed by atoms with Gasteiger partial charge in [0, 0.05) is 30.9 Å². The van der Waals surface area contributed by atoms with Crippen molar-refractivity contribution in [3.8, 4) is 0 Å². The van der Waals surface area contributed by atoms with Gasteiger partial charge in [0.2, 0.25) is 0 Å². The Morgan fingerprint density at radius 3 is 2.59 bits per heavy atom. The van der Waals surface area contributed by atoms with Crippen LogP contribution in [0, 0.1) is 0 Å². The second-order valence-corrected chi connectivity index (χ2v) is 5.32. The van der Waals surface area contributed by atoms with Gasteiger partial charge >= 0.3 is 0 Å². The summed E-state index contributed by atoms with van der Waals surface area (Å²) in [7, 11) is 0. The number of ether oxygens (including phenoxy) is 1. The van der Waals surface area contributed by atoms with Crippen LogP contribution in [0.4, 0.5) is 5.69 Å². The summed E-state index contributed by atoms with van der Waals surface area (Å²) in [4.78, 5) is 14.3. The van der Waals surface area contributed by atoms with E-state index in [4.69, 9.17) is 4.74 Å². The lowest BCUT2D eigenvalue weighted by Crippen LogP contribution is -2.40. The Hall–Kier alpha value is -2.33. The molecule has 0 aliphatic carbocycles. The second kappa shape index (κ2) is 7.09. The first-order chi connectivity index (χ1) is 10.8. The molecule has 0 radical (unpaired) electrons. The third kappa shape index (κ3) is 3.65. The van der Waals surface area contributed by atoms with Crippen LogP contribution in [0.3, 0.4) is 0 Å². The fourth-order valence-corrected chi connectivity index (χ4v) is 2.51. The molecule has 22 heavy (non-hydrogen) atoms. The molecular weight excluding hydrogens is 276 g/mol. The summed E-state index contributed by atoms with van der Waals surface area (Å²) in [5.41, 5.74) is 2.90. The molecule has 0 spiro atoms. The number of nitrogens with one attached hydrogen (secondary N) is 1. The van der Waals surface area contributed by atoms with E-state index in [1.54, 1.807) is 0 Å². The van der Waals surface area contributed by atoms with Crippen molar-refractivity contribution in [3.63, 3.8) is 0 Å². The Balaban J connectivity index is 1.65. The van der Waals surface area contributed by atoms with Crippen molar-refractivity contribution in [2.24, 2.45) is 0 Å². The van der Waals surface area contributed by atoms with E-state index >= 15 is 0 Å². The molecule has 3 rings (SSSR count). The molecule has 0 unspecified atom stereocenters. The Morgan fingerprint density at radius 1 is 1.05 bits per heavy atom. The summed E-state index contributed by atoms with van der Waals surface area (Å²) in [6, 6.07) is 17.9. The number of carbonyl (C=O) groups is 1. The molecule has 1 fully saturated rings. The molecule has 1 aliphatic rings. The van der Waals surface area contributed by atoms with Crippen molar-refractivity contribution < 1.29 is 9.53 Å². The fraction of sp³-hybridized carbons (Fsp3) is 0.278. The predicted molar refractivity (Wildman–Crippen MR) is 86.9 cm³/mol. The van der Waals surface area contributed by atoms with E-state index in [1.807, 2.05) is 47.4 Å². The van der Waals surface area contributed by atoms with Crippen molar-refractivity contribution in [3.05, 3.63) is 65.7 Å². The van der Waals surface area contributed by atoms with Crippen LogP contribution < -0.4 is 5.32 Å². The largest absolute Gasteiger partial charge is 0.381 e. The molecule has 1 N–H and O–H groups in total. The third-order valence-electron chi connectivity index (χ3n) is 3.75. The number of morpholine rings is 1. The summed E-state index contributed by atoms with van der Waals surface area (Å²) in [5, 5.41) is 3.36. The average Bonchev–Trinajstić information content (AvgIpc) is 2.61. The summed E-state index contributed by atoms with van der Waals surface area (Å²) < 4.78 is 5.29. The molecule has 2 aromatic carbocycles. The zero-order chi connectivity index (χ0) is 15.2. The highest BCUT2D eigenvalue weighted by molar-refractivity contribution is 5.95. The summed E-state index contributed by atoms with van der Waals surface area (Å²) >= 11 is 0. The average molecular weight is 296 g/mol. The number of carbonyl (C=O) groups excluding carboxylic acids is 1. The van der Waals surface area contributed by atoms with Gasteiger partial charge in [0.1, 0.15) is 0 Å². The smallest absolute Gasteiger partial charge is 0.254 e. The first-order valence-electron chi connectivity index (χ1n) is 7.58. The number of rotatable bonds is 4. The van der Waals surface area contributed by atoms with Crippen LogP contribution in [-0.4, -0.2) is 37.1 Å². The molecule has 4 heteroatoms. The molecular formula is C18H20N2O2. The van der Waals surface area contributed by atoms with Crippen molar-refractivity contribution in [2.45, 2.75) is 6.54 Å². The van der Waals surface area contributed by atoms with Gasteiger partial charge in [-0.05, 0) is 23.8 Å². The number of amides is 1. The van der Waals surface area contributed by atoms with Gasteiger partial charge in [0.05, 0.1) is 13.2 Å². The molecule has 0 atom stereocenters. The molecule has 1 saturated heterocycles. The highest BCUT2D eigenvalue weighted by atomic mass is 16.5. The number of nitrogens with zero attached hydrogens (tertiary/aromatic N) is 1. The van der Waals surface area contributed by atoms with Gasteiger partial charge in [-0.3, -0.25) is 4.79 Å².